The van der Waals surface area contributed by atoms with Crippen LogP contribution in [0.1, 0.15) is 0 Å². The first-order valence-electron chi connectivity index (χ1n) is 8.08. The predicted molar refractivity (Wildman–Crippen MR) is 114 cm³/mol. The minimum absolute atomic E-state index is 0.0496. The molecule has 5 N–H and O–H groups in total. The van der Waals surface area contributed by atoms with Gasteiger partial charge in [0.15, 0.2) is 5.13 Å². The van der Waals surface area contributed by atoms with Crippen LogP contribution in [0.5, 0.6) is 0 Å². The van der Waals surface area contributed by atoms with Gasteiger partial charge in [-0.1, -0.05) is 41.7 Å². The first kappa shape index (κ1) is 18.6. The van der Waals surface area contributed by atoms with Crippen LogP contribution in [0.15, 0.2) is 64.9 Å². The Balaban J connectivity index is 1.57. The Kier molecular flexibility index (Phi) is 4.85. The minimum atomic E-state index is -3.72. The van der Waals surface area contributed by atoms with Crippen molar-refractivity contribution in [2.45, 2.75) is 4.90 Å². The van der Waals surface area contributed by atoms with Crippen molar-refractivity contribution in [1.82, 2.24) is 9.97 Å². The molecule has 0 fully saturated rings. The van der Waals surface area contributed by atoms with Gasteiger partial charge in [-0.05, 0) is 24.3 Å². The molecule has 0 saturated heterocycles. The zero-order valence-electron chi connectivity index (χ0n) is 14.4. The second kappa shape index (κ2) is 7.32. The van der Waals surface area contributed by atoms with Crippen LogP contribution in [0.4, 0.5) is 16.6 Å². The van der Waals surface area contributed by atoms with Gasteiger partial charge in [-0.2, -0.15) is 0 Å². The first-order chi connectivity index (χ1) is 13.4. The van der Waals surface area contributed by atoms with Gasteiger partial charge in [0.25, 0.3) is 0 Å². The van der Waals surface area contributed by atoms with Crippen LogP contribution in [0.25, 0.3) is 21.1 Å². The van der Waals surface area contributed by atoms with E-state index in [0.717, 1.165) is 21.1 Å². The van der Waals surface area contributed by atoms with E-state index >= 15 is 0 Å². The molecule has 28 heavy (non-hydrogen) atoms. The van der Waals surface area contributed by atoms with Gasteiger partial charge in [0.1, 0.15) is 15.7 Å². The summed E-state index contributed by atoms with van der Waals surface area (Å²) in [5.74, 6) is 0.391. The second-order valence-electron chi connectivity index (χ2n) is 5.83. The minimum Gasteiger partial charge on any atom is -0.382 e. The number of thiazole rings is 2. The highest BCUT2D eigenvalue weighted by molar-refractivity contribution is 7.89. The Morgan fingerprint density at radius 2 is 1.68 bits per heavy atom. The van der Waals surface area contributed by atoms with Gasteiger partial charge >= 0.3 is 0 Å². The Hall–Kier alpha value is -2.79. The fourth-order valence-corrected chi connectivity index (χ4v) is 4.86. The summed E-state index contributed by atoms with van der Waals surface area (Å²) in [5, 5.41) is 11.6. The van der Waals surface area contributed by atoms with Gasteiger partial charge in [-0.3, -0.25) is 0 Å². The Bertz CT molecular complexity index is 1220. The third kappa shape index (κ3) is 3.90. The van der Waals surface area contributed by atoms with E-state index in [4.69, 9.17) is 10.9 Å². The smallest absolute Gasteiger partial charge is 0.238 e. The van der Waals surface area contributed by atoms with E-state index in [2.05, 4.69) is 15.3 Å². The fraction of sp³-hybridized carbons (Fsp3) is 0. The molecule has 10 heteroatoms. The van der Waals surface area contributed by atoms with Gasteiger partial charge in [-0.25, -0.2) is 23.5 Å². The Morgan fingerprint density at radius 1 is 0.964 bits per heavy atom. The van der Waals surface area contributed by atoms with Gasteiger partial charge in [0.05, 0.1) is 10.6 Å². The SMILES string of the molecule is Nc1nc(Nc2ccc(S(N)(=O)=O)cc2)sc1-c1nc(-c2ccccc2)cs1. The number of rotatable bonds is 5. The van der Waals surface area contributed by atoms with Gasteiger partial charge in [0, 0.05) is 16.6 Å². The van der Waals surface area contributed by atoms with Crippen molar-refractivity contribution in [3.05, 3.63) is 60.0 Å². The van der Waals surface area contributed by atoms with E-state index in [1.54, 1.807) is 12.1 Å². The van der Waals surface area contributed by atoms with Crippen LogP contribution in [0.3, 0.4) is 0 Å². The zero-order chi connectivity index (χ0) is 19.7. The summed E-state index contributed by atoms with van der Waals surface area (Å²) in [6.07, 6.45) is 0. The molecule has 0 bridgehead atoms. The Labute approximate surface area is 169 Å². The summed E-state index contributed by atoms with van der Waals surface area (Å²) in [6, 6.07) is 16.0. The summed E-state index contributed by atoms with van der Waals surface area (Å²) >= 11 is 2.89. The molecule has 0 amide bonds. The van der Waals surface area contributed by atoms with E-state index in [-0.39, 0.29) is 4.90 Å². The largest absolute Gasteiger partial charge is 0.382 e. The highest BCUT2D eigenvalue weighted by Gasteiger charge is 2.15. The number of primary sulfonamides is 1. The van der Waals surface area contributed by atoms with E-state index in [1.807, 2.05) is 35.7 Å². The fourth-order valence-electron chi connectivity index (χ4n) is 2.51. The summed E-state index contributed by atoms with van der Waals surface area (Å²) in [4.78, 5) is 9.85. The van der Waals surface area contributed by atoms with Gasteiger partial charge in [-0.15, -0.1) is 11.3 Å². The number of nitrogens with two attached hydrogens (primary N) is 2. The monoisotopic (exact) mass is 429 g/mol. The molecule has 142 valence electrons. The molecule has 0 aliphatic rings. The molecule has 2 heterocycles. The molecule has 0 unspecified atom stereocenters. The third-order valence-corrected chi connectivity index (χ3v) is 6.77. The van der Waals surface area contributed by atoms with Crippen molar-refractivity contribution in [2.24, 2.45) is 5.14 Å². The van der Waals surface area contributed by atoms with Crippen LogP contribution in [-0.2, 0) is 10.0 Å². The maximum atomic E-state index is 11.3. The van der Waals surface area contributed by atoms with Crippen LogP contribution in [0, 0.1) is 0 Å². The van der Waals surface area contributed by atoms with E-state index in [0.29, 0.717) is 16.6 Å². The summed E-state index contributed by atoms with van der Waals surface area (Å²) in [7, 11) is -3.72. The lowest BCUT2D eigenvalue weighted by Gasteiger charge is -2.03. The van der Waals surface area contributed by atoms with E-state index in [9.17, 15) is 8.42 Å². The molecular formula is C18H15N5O2S3. The molecule has 0 atom stereocenters. The number of nitrogens with zero attached hydrogens (tertiary/aromatic N) is 2. The van der Waals surface area contributed by atoms with Crippen LogP contribution in [-0.4, -0.2) is 18.4 Å². The predicted octanol–water partition coefficient (Wildman–Crippen LogP) is 3.91. The molecule has 2 aromatic heterocycles. The summed E-state index contributed by atoms with van der Waals surface area (Å²) < 4.78 is 22.7. The van der Waals surface area contributed by atoms with Crippen LogP contribution in [0.2, 0.25) is 0 Å². The van der Waals surface area contributed by atoms with Crippen LogP contribution < -0.4 is 16.2 Å². The van der Waals surface area contributed by atoms with E-state index < -0.39 is 10.0 Å². The van der Waals surface area contributed by atoms with Crippen LogP contribution >= 0.6 is 22.7 Å². The number of nitrogens with one attached hydrogen (secondary N) is 1. The number of anilines is 3. The molecule has 0 radical (unpaired) electrons. The second-order valence-corrected chi connectivity index (χ2v) is 9.25. The van der Waals surface area contributed by atoms with Gasteiger partial charge < -0.3 is 11.1 Å². The van der Waals surface area contributed by atoms with Crippen molar-refractivity contribution < 1.29 is 8.42 Å². The lowest BCUT2D eigenvalue weighted by atomic mass is 10.2. The van der Waals surface area contributed by atoms with Gasteiger partial charge in [0.2, 0.25) is 10.0 Å². The zero-order valence-corrected chi connectivity index (χ0v) is 16.8. The molecular weight excluding hydrogens is 414 g/mol. The maximum Gasteiger partial charge on any atom is 0.238 e. The summed E-state index contributed by atoms with van der Waals surface area (Å²) in [6.45, 7) is 0. The standard InChI is InChI=1S/C18H15N5O2S3/c19-16-15(17-22-14(10-26-17)11-4-2-1-3-5-11)27-18(23-16)21-12-6-8-13(9-7-12)28(20,24)25/h1-10H,19H2,(H,21,23)(H2,20,24,25). The number of benzene rings is 2. The van der Waals surface area contributed by atoms with Crippen molar-refractivity contribution in [1.29, 1.82) is 0 Å². The van der Waals surface area contributed by atoms with Crippen molar-refractivity contribution >= 4 is 49.3 Å². The van der Waals surface area contributed by atoms with Crippen molar-refractivity contribution in [2.75, 3.05) is 11.1 Å². The Morgan fingerprint density at radius 3 is 2.36 bits per heavy atom. The number of sulfonamides is 1. The lowest BCUT2D eigenvalue weighted by Crippen LogP contribution is -2.11. The highest BCUT2D eigenvalue weighted by atomic mass is 32.2. The van der Waals surface area contributed by atoms with E-state index in [1.165, 1.54) is 34.8 Å². The first-order valence-corrected chi connectivity index (χ1v) is 11.3. The molecule has 4 rings (SSSR count). The molecule has 0 spiro atoms. The normalized spacial score (nSPS) is 11.5. The number of hydrogen-bond donors (Lipinski definition) is 3. The molecule has 7 nitrogen and oxygen atoms in total. The quantitative estimate of drug-likeness (QED) is 0.442. The van der Waals surface area contributed by atoms with Crippen molar-refractivity contribution in [3.8, 4) is 21.1 Å². The average molecular weight is 430 g/mol. The lowest BCUT2D eigenvalue weighted by molar-refractivity contribution is 0.598. The average Bonchev–Trinajstić information content (AvgIpc) is 3.29. The molecule has 4 aromatic rings. The topological polar surface area (TPSA) is 124 Å². The highest BCUT2D eigenvalue weighted by Crippen LogP contribution is 2.39. The summed E-state index contributed by atoms with van der Waals surface area (Å²) in [5.41, 5.74) is 8.70. The molecule has 2 aromatic carbocycles. The molecule has 0 aliphatic carbocycles. The number of aromatic nitrogens is 2. The molecule has 0 saturated carbocycles. The van der Waals surface area contributed by atoms with Crippen molar-refractivity contribution in [3.63, 3.8) is 0 Å². The number of hydrogen-bond acceptors (Lipinski definition) is 8. The molecule has 0 aliphatic heterocycles. The third-order valence-electron chi connectivity index (χ3n) is 3.86. The number of nitrogen functional groups attached to an aromatic ring is 1. The maximum absolute atomic E-state index is 11.3.